The minimum atomic E-state index is -4.38. The van der Waals surface area contributed by atoms with Crippen molar-refractivity contribution >= 4 is 8.32 Å². The van der Waals surface area contributed by atoms with Crippen LogP contribution >= 0.6 is 0 Å². The maximum atomic E-state index is 12.7. The molecule has 0 heterocycles. The van der Waals surface area contributed by atoms with Crippen LogP contribution in [0.1, 0.15) is 26.3 Å². The first-order chi connectivity index (χ1) is 9.87. The standard InChI is InChI=1S/C16H25F3O2Si/c1-15(2,3)22(4,5)21-14-8-6-12(7-9-14)10-13(11-20)16(17,18)19/h6-9,13,20H,10-11H2,1-5H3. The van der Waals surface area contributed by atoms with Gasteiger partial charge in [-0.1, -0.05) is 32.9 Å². The van der Waals surface area contributed by atoms with Gasteiger partial charge in [0, 0.05) is 0 Å². The third kappa shape index (κ3) is 5.02. The number of aliphatic hydroxyl groups is 1. The highest BCUT2D eigenvalue weighted by molar-refractivity contribution is 6.74. The molecule has 0 saturated carbocycles. The lowest BCUT2D eigenvalue weighted by Crippen LogP contribution is -2.43. The van der Waals surface area contributed by atoms with Crippen LogP contribution in [0.4, 0.5) is 13.2 Å². The topological polar surface area (TPSA) is 29.5 Å². The molecule has 0 fully saturated rings. The van der Waals surface area contributed by atoms with E-state index in [0.29, 0.717) is 11.3 Å². The highest BCUT2D eigenvalue weighted by atomic mass is 28.4. The largest absolute Gasteiger partial charge is 0.544 e. The molecule has 1 atom stereocenters. The second kappa shape index (κ2) is 6.62. The van der Waals surface area contributed by atoms with Crippen LogP contribution in [0, 0.1) is 5.92 Å². The van der Waals surface area contributed by atoms with Gasteiger partial charge in [-0.05, 0) is 42.2 Å². The van der Waals surface area contributed by atoms with E-state index in [-0.39, 0.29) is 11.5 Å². The van der Waals surface area contributed by atoms with Crippen LogP contribution in [-0.2, 0) is 6.42 Å². The van der Waals surface area contributed by atoms with Crippen LogP contribution in [0.5, 0.6) is 5.75 Å². The third-order valence-corrected chi connectivity index (χ3v) is 8.63. The summed E-state index contributed by atoms with van der Waals surface area (Å²) in [7, 11) is -1.95. The Kier molecular flexibility index (Phi) is 5.73. The maximum absolute atomic E-state index is 12.7. The van der Waals surface area contributed by atoms with Crippen molar-refractivity contribution in [2.24, 2.45) is 5.92 Å². The minimum absolute atomic E-state index is 0.0595. The SMILES string of the molecule is CC(C)(C)[Si](C)(C)Oc1ccc(CC(CO)C(F)(F)F)cc1. The zero-order chi connectivity index (χ0) is 17.2. The Balaban J connectivity index is 2.80. The van der Waals surface area contributed by atoms with Crippen molar-refractivity contribution in [3.63, 3.8) is 0 Å². The number of alkyl halides is 3. The van der Waals surface area contributed by atoms with Crippen molar-refractivity contribution in [1.82, 2.24) is 0 Å². The highest BCUT2D eigenvalue weighted by Crippen LogP contribution is 2.37. The summed E-state index contributed by atoms with van der Waals surface area (Å²) in [6, 6.07) is 6.69. The van der Waals surface area contributed by atoms with E-state index >= 15 is 0 Å². The second-order valence-corrected chi connectivity index (χ2v) is 11.9. The molecule has 1 aromatic rings. The molecule has 0 aliphatic heterocycles. The summed E-state index contributed by atoms with van der Waals surface area (Å²) < 4.78 is 44.1. The Morgan fingerprint density at radius 2 is 1.59 bits per heavy atom. The monoisotopic (exact) mass is 334 g/mol. The molecule has 0 aliphatic carbocycles. The molecule has 126 valence electrons. The van der Waals surface area contributed by atoms with E-state index in [9.17, 15) is 13.2 Å². The third-order valence-electron chi connectivity index (χ3n) is 4.27. The molecule has 1 rings (SSSR count). The zero-order valence-corrected chi connectivity index (χ0v) is 14.8. The number of halogens is 3. The molecular formula is C16H25F3O2Si. The van der Waals surface area contributed by atoms with Gasteiger partial charge in [0.1, 0.15) is 5.75 Å². The molecule has 0 bridgehead atoms. The van der Waals surface area contributed by atoms with Gasteiger partial charge in [0.25, 0.3) is 0 Å². The number of hydrogen-bond acceptors (Lipinski definition) is 2. The number of hydrogen-bond donors (Lipinski definition) is 1. The van der Waals surface area contributed by atoms with Gasteiger partial charge in [-0.2, -0.15) is 13.2 Å². The lowest BCUT2D eigenvalue weighted by atomic mass is 9.99. The molecule has 2 nitrogen and oxygen atoms in total. The van der Waals surface area contributed by atoms with Gasteiger partial charge in [0.05, 0.1) is 12.5 Å². The molecule has 6 heteroatoms. The van der Waals surface area contributed by atoms with Crippen molar-refractivity contribution in [2.45, 2.75) is 51.5 Å². The lowest BCUT2D eigenvalue weighted by molar-refractivity contribution is -0.183. The average molecular weight is 334 g/mol. The van der Waals surface area contributed by atoms with Crippen molar-refractivity contribution in [3.05, 3.63) is 29.8 Å². The average Bonchev–Trinajstić information content (AvgIpc) is 2.34. The summed E-state index contributed by atoms with van der Waals surface area (Å²) in [6.45, 7) is 9.72. The molecular weight excluding hydrogens is 309 g/mol. The van der Waals surface area contributed by atoms with E-state index in [1.165, 1.54) is 0 Å². The molecule has 0 saturated heterocycles. The molecule has 0 aromatic heterocycles. The van der Waals surface area contributed by atoms with Gasteiger partial charge >= 0.3 is 6.18 Å². The van der Waals surface area contributed by atoms with Gasteiger partial charge in [0.15, 0.2) is 0 Å². The van der Waals surface area contributed by atoms with E-state index in [1.807, 2.05) is 0 Å². The van der Waals surface area contributed by atoms with Crippen molar-refractivity contribution in [2.75, 3.05) is 6.61 Å². The summed E-state index contributed by atoms with van der Waals surface area (Å²) in [5, 5.41) is 8.94. The Bertz CT molecular complexity index is 476. The van der Waals surface area contributed by atoms with Gasteiger partial charge < -0.3 is 9.53 Å². The maximum Gasteiger partial charge on any atom is 0.394 e. The predicted molar refractivity (Wildman–Crippen MR) is 84.6 cm³/mol. The van der Waals surface area contributed by atoms with Crippen LogP contribution in [0.25, 0.3) is 0 Å². The van der Waals surface area contributed by atoms with E-state index in [4.69, 9.17) is 9.53 Å². The summed E-state index contributed by atoms with van der Waals surface area (Å²) in [5.74, 6) is -1.04. The van der Waals surface area contributed by atoms with E-state index in [1.54, 1.807) is 24.3 Å². The molecule has 1 aromatic carbocycles. The molecule has 0 amide bonds. The van der Waals surface area contributed by atoms with Crippen molar-refractivity contribution < 1.29 is 22.7 Å². The van der Waals surface area contributed by atoms with Crippen molar-refractivity contribution in [1.29, 1.82) is 0 Å². The fourth-order valence-corrected chi connectivity index (χ4v) is 2.74. The molecule has 22 heavy (non-hydrogen) atoms. The highest BCUT2D eigenvalue weighted by Gasteiger charge is 2.40. The van der Waals surface area contributed by atoms with E-state index in [0.717, 1.165) is 0 Å². The first-order valence-corrected chi connectivity index (χ1v) is 10.2. The number of rotatable bonds is 5. The van der Waals surface area contributed by atoms with Crippen LogP contribution in [0.2, 0.25) is 18.1 Å². The Morgan fingerprint density at radius 3 is 1.95 bits per heavy atom. The Morgan fingerprint density at radius 1 is 1.09 bits per heavy atom. The van der Waals surface area contributed by atoms with Crippen LogP contribution < -0.4 is 4.43 Å². The second-order valence-electron chi connectivity index (χ2n) is 7.13. The number of benzene rings is 1. The predicted octanol–water partition coefficient (Wildman–Crippen LogP) is 4.78. The van der Waals surface area contributed by atoms with Crippen LogP contribution in [0.15, 0.2) is 24.3 Å². The molecule has 0 radical (unpaired) electrons. The molecule has 1 N–H and O–H groups in total. The summed E-state index contributed by atoms with van der Waals surface area (Å²) in [6.07, 6.45) is -4.61. The van der Waals surface area contributed by atoms with E-state index < -0.39 is 27.0 Å². The van der Waals surface area contributed by atoms with Crippen LogP contribution in [0.3, 0.4) is 0 Å². The van der Waals surface area contributed by atoms with Gasteiger partial charge in [-0.15, -0.1) is 0 Å². The Hall–Kier alpha value is -1.01. The Labute approximate surface area is 131 Å². The van der Waals surface area contributed by atoms with Gasteiger partial charge in [0.2, 0.25) is 8.32 Å². The smallest absolute Gasteiger partial charge is 0.394 e. The first kappa shape index (κ1) is 19.0. The van der Waals surface area contributed by atoms with E-state index in [2.05, 4.69) is 33.9 Å². The fraction of sp³-hybridized carbons (Fsp3) is 0.625. The first-order valence-electron chi connectivity index (χ1n) is 7.32. The summed E-state index contributed by atoms with van der Waals surface area (Å²) in [4.78, 5) is 0. The summed E-state index contributed by atoms with van der Waals surface area (Å²) >= 11 is 0. The molecule has 1 unspecified atom stereocenters. The van der Waals surface area contributed by atoms with Crippen molar-refractivity contribution in [3.8, 4) is 5.75 Å². The van der Waals surface area contributed by atoms with Crippen LogP contribution in [-0.4, -0.2) is 26.2 Å². The quantitative estimate of drug-likeness (QED) is 0.785. The fourth-order valence-electron chi connectivity index (χ4n) is 1.71. The molecule has 0 spiro atoms. The number of aliphatic hydroxyl groups excluding tert-OH is 1. The summed E-state index contributed by atoms with van der Waals surface area (Å²) in [5.41, 5.74) is 0.541. The molecule has 0 aliphatic rings. The zero-order valence-electron chi connectivity index (χ0n) is 13.8. The van der Waals surface area contributed by atoms with Gasteiger partial charge in [-0.3, -0.25) is 0 Å². The minimum Gasteiger partial charge on any atom is -0.544 e. The van der Waals surface area contributed by atoms with Gasteiger partial charge in [-0.25, -0.2) is 0 Å². The normalized spacial score (nSPS) is 14.8. The lowest BCUT2D eigenvalue weighted by Gasteiger charge is -2.36.